The molecule has 0 saturated carbocycles. The molecule has 0 radical (unpaired) electrons. The highest BCUT2D eigenvalue weighted by Crippen LogP contribution is 2.35. The van der Waals surface area contributed by atoms with Crippen molar-refractivity contribution in [3.63, 3.8) is 0 Å². The number of carboxylic acids is 1. The van der Waals surface area contributed by atoms with Gasteiger partial charge in [0.2, 0.25) is 0 Å². The van der Waals surface area contributed by atoms with Gasteiger partial charge in [-0.1, -0.05) is 0 Å². The quantitative estimate of drug-likeness (QED) is 0.863. The van der Waals surface area contributed by atoms with Crippen LogP contribution >= 0.6 is 11.3 Å². The number of rotatable bonds is 5. The van der Waals surface area contributed by atoms with E-state index in [1.165, 1.54) is 16.2 Å². The molecule has 7 nitrogen and oxygen atoms in total. The number of aromatic nitrogens is 1. The smallest absolute Gasteiger partial charge is 0.326 e. The first-order valence-electron chi connectivity index (χ1n) is 8.20. The lowest BCUT2D eigenvalue weighted by Crippen LogP contribution is -2.40. The van der Waals surface area contributed by atoms with Gasteiger partial charge in [0.05, 0.1) is 19.9 Å². The molecule has 1 atom stereocenters. The van der Waals surface area contributed by atoms with Gasteiger partial charge in [0, 0.05) is 12.1 Å². The Kier molecular flexibility index (Phi) is 5.13. The summed E-state index contributed by atoms with van der Waals surface area (Å²) in [7, 11) is 3.12. The zero-order chi connectivity index (χ0) is 18.8. The number of methoxy groups -OCH3 is 2. The second kappa shape index (κ2) is 7.33. The summed E-state index contributed by atoms with van der Waals surface area (Å²) in [4.78, 5) is 30.6. The number of aliphatic carboxylic acids is 1. The van der Waals surface area contributed by atoms with Crippen LogP contribution in [0.4, 0.5) is 0 Å². The van der Waals surface area contributed by atoms with Crippen LogP contribution in [0.1, 0.15) is 28.2 Å². The Hall–Kier alpha value is -2.61. The van der Waals surface area contributed by atoms with Crippen LogP contribution in [0.2, 0.25) is 0 Å². The van der Waals surface area contributed by atoms with Gasteiger partial charge in [0.15, 0.2) is 11.5 Å². The summed E-state index contributed by atoms with van der Waals surface area (Å²) >= 11 is 1.26. The number of carbonyl (C=O) groups excluding carboxylic acids is 1. The third kappa shape index (κ3) is 3.24. The fourth-order valence-electron chi connectivity index (χ4n) is 3.08. The molecule has 1 aliphatic heterocycles. The molecule has 2 aromatic rings. The molecule has 0 aliphatic carbocycles. The van der Waals surface area contributed by atoms with E-state index in [4.69, 9.17) is 9.47 Å². The highest BCUT2D eigenvalue weighted by molar-refractivity contribution is 7.17. The molecule has 0 spiro atoms. The van der Waals surface area contributed by atoms with Crippen molar-refractivity contribution < 1.29 is 24.2 Å². The van der Waals surface area contributed by atoms with Crippen LogP contribution < -0.4 is 9.47 Å². The molecule has 138 valence electrons. The van der Waals surface area contributed by atoms with E-state index in [0.717, 1.165) is 5.56 Å². The lowest BCUT2D eigenvalue weighted by Gasteiger charge is -2.20. The molecule has 2 heterocycles. The van der Waals surface area contributed by atoms with Gasteiger partial charge in [-0.25, -0.2) is 9.78 Å². The molecule has 0 unspecified atom stereocenters. The fraction of sp³-hybridized carbons (Fsp3) is 0.389. The molecule has 3 rings (SSSR count). The van der Waals surface area contributed by atoms with E-state index in [1.807, 2.05) is 6.07 Å². The second-order valence-electron chi connectivity index (χ2n) is 6.00. The number of amides is 1. The van der Waals surface area contributed by atoms with E-state index in [-0.39, 0.29) is 5.91 Å². The number of hydrogen-bond donors (Lipinski definition) is 1. The number of benzene rings is 1. The zero-order valence-corrected chi connectivity index (χ0v) is 15.6. The molecule has 1 aromatic heterocycles. The van der Waals surface area contributed by atoms with Crippen molar-refractivity contribution in [2.24, 2.45) is 0 Å². The summed E-state index contributed by atoms with van der Waals surface area (Å²) in [5, 5.41) is 9.99. The van der Waals surface area contributed by atoms with Crippen LogP contribution in [0.25, 0.3) is 10.6 Å². The minimum Gasteiger partial charge on any atom is -0.493 e. The largest absolute Gasteiger partial charge is 0.493 e. The summed E-state index contributed by atoms with van der Waals surface area (Å²) in [5.74, 6) is -0.0341. The number of likely N-dealkylation sites (tertiary alicyclic amines) is 1. The number of aryl methyl sites for hydroxylation is 1. The average molecular weight is 376 g/mol. The van der Waals surface area contributed by atoms with Gasteiger partial charge in [-0.15, -0.1) is 11.3 Å². The van der Waals surface area contributed by atoms with Gasteiger partial charge >= 0.3 is 5.97 Å². The Labute approximate surface area is 155 Å². The van der Waals surface area contributed by atoms with E-state index in [1.54, 1.807) is 33.3 Å². The predicted molar refractivity (Wildman–Crippen MR) is 97.1 cm³/mol. The van der Waals surface area contributed by atoms with Crippen molar-refractivity contribution >= 4 is 23.2 Å². The molecule has 0 bridgehead atoms. The lowest BCUT2D eigenvalue weighted by atomic mass is 10.2. The monoisotopic (exact) mass is 376 g/mol. The van der Waals surface area contributed by atoms with Gasteiger partial charge < -0.3 is 19.5 Å². The second-order valence-corrected chi connectivity index (χ2v) is 7.00. The number of ether oxygens (including phenoxy) is 2. The Morgan fingerprint density at radius 2 is 2.00 bits per heavy atom. The fourth-order valence-corrected chi connectivity index (χ4v) is 4.10. The van der Waals surface area contributed by atoms with Gasteiger partial charge in [0.25, 0.3) is 5.91 Å². The molecule has 1 amide bonds. The van der Waals surface area contributed by atoms with Crippen LogP contribution in [-0.4, -0.2) is 53.7 Å². The van der Waals surface area contributed by atoms with E-state index in [9.17, 15) is 14.7 Å². The van der Waals surface area contributed by atoms with E-state index >= 15 is 0 Å². The Morgan fingerprint density at radius 3 is 2.65 bits per heavy atom. The predicted octanol–water partition coefficient (Wildman–Crippen LogP) is 2.82. The average Bonchev–Trinajstić information content (AvgIpc) is 3.27. The van der Waals surface area contributed by atoms with Crippen LogP contribution in [0.3, 0.4) is 0 Å². The number of hydrogen-bond acceptors (Lipinski definition) is 6. The van der Waals surface area contributed by atoms with Gasteiger partial charge in [0.1, 0.15) is 15.9 Å². The SMILES string of the molecule is COc1ccc(-c2nc(C)c(C(=O)N3CCC[C@H]3C(=O)O)s2)cc1OC. The highest BCUT2D eigenvalue weighted by atomic mass is 32.1. The van der Waals surface area contributed by atoms with Gasteiger partial charge in [-0.05, 0) is 38.0 Å². The topological polar surface area (TPSA) is 89.0 Å². The normalized spacial score (nSPS) is 16.6. The summed E-state index contributed by atoms with van der Waals surface area (Å²) in [6.45, 7) is 2.22. The number of nitrogens with zero attached hydrogens (tertiary/aromatic N) is 2. The van der Waals surface area contributed by atoms with Crippen molar-refractivity contribution in [3.8, 4) is 22.1 Å². The molecule has 1 aliphatic rings. The highest BCUT2D eigenvalue weighted by Gasteiger charge is 2.36. The molecule has 1 aromatic carbocycles. The summed E-state index contributed by atoms with van der Waals surface area (Å²) < 4.78 is 10.6. The molecule has 1 N–H and O–H groups in total. The maximum Gasteiger partial charge on any atom is 0.326 e. The minimum atomic E-state index is -0.960. The maximum atomic E-state index is 12.8. The van der Waals surface area contributed by atoms with Crippen molar-refractivity contribution in [1.82, 2.24) is 9.88 Å². The molecule has 8 heteroatoms. The third-order valence-electron chi connectivity index (χ3n) is 4.42. The minimum absolute atomic E-state index is 0.267. The summed E-state index contributed by atoms with van der Waals surface area (Å²) in [6.07, 6.45) is 1.19. The molecule has 1 saturated heterocycles. The van der Waals surface area contributed by atoms with Gasteiger partial charge in [-0.2, -0.15) is 0 Å². The Morgan fingerprint density at radius 1 is 1.27 bits per heavy atom. The summed E-state index contributed by atoms with van der Waals surface area (Å²) in [6, 6.07) is 4.69. The lowest BCUT2D eigenvalue weighted by molar-refractivity contribution is -0.141. The zero-order valence-electron chi connectivity index (χ0n) is 14.8. The third-order valence-corrected chi connectivity index (χ3v) is 5.61. The van der Waals surface area contributed by atoms with Crippen LogP contribution in [0.15, 0.2) is 18.2 Å². The van der Waals surface area contributed by atoms with E-state index in [2.05, 4.69) is 4.98 Å². The summed E-state index contributed by atoms with van der Waals surface area (Å²) in [5.41, 5.74) is 1.41. The maximum absolute atomic E-state index is 12.8. The Bertz CT molecular complexity index is 848. The van der Waals surface area contributed by atoms with Crippen LogP contribution in [-0.2, 0) is 4.79 Å². The number of carboxylic acid groups (broad SMARTS) is 1. The van der Waals surface area contributed by atoms with E-state index in [0.29, 0.717) is 46.5 Å². The van der Waals surface area contributed by atoms with Crippen LogP contribution in [0, 0.1) is 6.92 Å². The first-order valence-corrected chi connectivity index (χ1v) is 9.01. The van der Waals surface area contributed by atoms with E-state index < -0.39 is 12.0 Å². The Balaban J connectivity index is 1.92. The van der Waals surface area contributed by atoms with Crippen molar-refractivity contribution in [3.05, 3.63) is 28.8 Å². The van der Waals surface area contributed by atoms with Gasteiger partial charge in [-0.3, -0.25) is 4.79 Å². The molecular formula is C18H20N2O5S. The molecular weight excluding hydrogens is 356 g/mol. The number of thiazole rings is 1. The van der Waals surface area contributed by atoms with Crippen molar-refractivity contribution in [1.29, 1.82) is 0 Å². The standard InChI is InChI=1S/C18H20N2O5S/c1-10-15(17(21)20-8-4-5-12(20)18(22)23)26-16(19-10)11-6-7-13(24-2)14(9-11)25-3/h6-7,9,12H,4-5,8H2,1-3H3,(H,22,23)/t12-/m0/s1. The van der Waals surface area contributed by atoms with Crippen molar-refractivity contribution in [2.75, 3.05) is 20.8 Å². The first-order chi connectivity index (χ1) is 12.5. The van der Waals surface area contributed by atoms with Crippen LogP contribution in [0.5, 0.6) is 11.5 Å². The molecule has 1 fully saturated rings. The van der Waals surface area contributed by atoms with Crippen molar-refractivity contribution in [2.45, 2.75) is 25.8 Å². The number of carbonyl (C=O) groups is 2. The first kappa shape index (κ1) is 18.2. The molecule has 26 heavy (non-hydrogen) atoms.